The highest BCUT2D eigenvalue weighted by Gasteiger charge is 2.19. The Hall–Kier alpha value is -2.96. The molecule has 30 heavy (non-hydrogen) atoms. The highest BCUT2D eigenvalue weighted by Crippen LogP contribution is 2.24. The smallest absolute Gasteiger partial charge is 0.227 e. The van der Waals surface area contributed by atoms with E-state index in [1.807, 2.05) is 37.2 Å². The van der Waals surface area contributed by atoms with Crippen LogP contribution in [0.25, 0.3) is 0 Å². The molecule has 5 nitrogen and oxygen atoms in total. The predicted octanol–water partition coefficient (Wildman–Crippen LogP) is 3.94. The number of hydrogen-bond donors (Lipinski definition) is 0. The molecule has 0 amide bonds. The first-order chi connectivity index (χ1) is 14.5. The van der Waals surface area contributed by atoms with E-state index in [0.717, 1.165) is 18.7 Å². The Balaban J connectivity index is 1.37. The molecule has 156 valence electrons. The third kappa shape index (κ3) is 4.78. The second-order valence-electron chi connectivity index (χ2n) is 7.94. The van der Waals surface area contributed by atoms with Crippen molar-refractivity contribution in [1.29, 1.82) is 0 Å². The minimum absolute atomic E-state index is 0.0282. The van der Waals surface area contributed by atoms with Gasteiger partial charge >= 0.3 is 0 Å². The van der Waals surface area contributed by atoms with Crippen LogP contribution in [0.1, 0.15) is 28.0 Å². The van der Waals surface area contributed by atoms with E-state index in [9.17, 15) is 9.18 Å². The molecule has 1 aliphatic heterocycles. The highest BCUT2D eigenvalue weighted by molar-refractivity contribution is 5.30. The fourth-order valence-corrected chi connectivity index (χ4v) is 3.69. The number of nitrogens with zero attached hydrogens (tertiary/aromatic N) is 2. The van der Waals surface area contributed by atoms with Gasteiger partial charge in [0.2, 0.25) is 11.2 Å². The van der Waals surface area contributed by atoms with Crippen molar-refractivity contribution in [3.8, 4) is 5.75 Å². The first kappa shape index (κ1) is 20.3. The normalized spacial score (nSPS) is 13.6. The van der Waals surface area contributed by atoms with Gasteiger partial charge in [-0.2, -0.15) is 0 Å². The molecule has 2 heterocycles. The topological polar surface area (TPSA) is 45.9 Å². The Kier molecular flexibility index (Phi) is 5.97. The average Bonchev–Trinajstić information content (AvgIpc) is 3.10. The fourth-order valence-electron chi connectivity index (χ4n) is 3.69. The molecule has 0 atom stereocenters. The Morgan fingerprint density at radius 2 is 1.83 bits per heavy atom. The minimum Gasteiger partial charge on any atom is -0.482 e. The van der Waals surface area contributed by atoms with E-state index in [2.05, 4.69) is 17.0 Å². The van der Waals surface area contributed by atoms with Gasteiger partial charge in [-0.15, -0.1) is 0 Å². The highest BCUT2D eigenvalue weighted by atomic mass is 19.1. The molecule has 3 aromatic rings. The van der Waals surface area contributed by atoms with Gasteiger partial charge in [-0.05, 0) is 36.9 Å². The summed E-state index contributed by atoms with van der Waals surface area (Å²) in [4.78, 5) is 16.6. The summed E-state index contributed by atoms with van der Waals surface area (Å²) in [6, 6.07) is 14.8. The van der Waals surface area contributed by atoms with Crippen LogP contribution in [0.5, 0.6) is 5.75 Å². The molecule has 4 rings (SSSR count). The van der Waals surface area contributed by atoms with Crippen molar-refractivity contribution in [2.75, 3.05) is 14.1 Å². The molecular formula is C24H25FN2O3. The summed E-state index contributed by atoms with van der Waals surface area (Å²) in [5, 5.41) is 0. The Morgan fingerprint density at radius 3 is 2.47 bits per heavy atom. The van der Waals surface area contributed by atoms with Crippen LogP contribution in [0.15, 0.2) is 64.0 Å². The maximum Gasteiger partial charge on any atom is 0.227 e. The summed E-state index contributed by atoms with van der Waals surface area (Å²) in [6.45, 7) is 2.85. The molecule has 0 saturated heterocycles. The second kappa shape index (κ2) is 8.81. The molecule has 2 aromatic carbocycles. The van der Waals surface area contributed by atoms with Gasteiger partial charge in [-0.3, -0.25) is 9.69 Å². The first-order valence-corrected chi connectivity index (χ1v) is 9.93. The third-order valence-electron chi connectivity index (χ3n) is 5.14. The lowest BCUT2D eigenvalue weighted by molar-refractivity contribution is 0.240. The van der Waals surface area contributed by atoms with Crippen molar-refractivity contribution < 1.29 is 13.5 Å². The van der Waals surface area contributed by atoms with Crippen LogP contribution in [0.2, 0.25) is 0 Å². The van der Waals surface area contributed by atoms with Gasteiger partial charge in [0.25, 0.3) is 0 Å². The largest absolute Gasteiger partial charge is 0.482 e. The molecule has 0 saturated carbocycles. The van der Waals surface area contributed by atoms with E-state index in [1.165, 1.54) is 29.5 Å². The number of ether oxygens (including phenoxy) is 1. The van der Waals surface area contributed by atoms with Gasteiger partial charge in [0, 0.05) is 31.3 Å². The maximum absolute atomic E-state index is 14.3. The van der Waals surface area contributed by atoms with Crippen molar-refractivity contribution >= 4 is 0 Å². The summed E-state index contributed by atoms with van der Waals surface area (Å²) >= 11 is 0. The van der Waals surface area contributed by atoms with E-state index in [-0.39, 0.29) is 23.6 Å². The van der Waals surface area contributed by atoms with E-state index in [0.29, 0.717) is 24.4 Å². The van der Waals surface area contributed by atoms with Crippen molar-refractivity contribution in [1.82, 2.24) is 9.80 Å². The van der Waals surface area contributed by atoms with Crippen LogP contribution in [-0.2, 0) is 32.8 Å². The maximum atomic E-state index is 14.3. The molecule has 0 N–H and O–H groups in total. The van der Waals surface area contributed by atoms with E-state index in [1.54, 1.807) is 6.07 Å². The summed E-state index contributed by atoms with van der Waals surface area (Å²) in [5.41, 5.74) is 3.62. The summed E-state index contributed by atoms with van der Waals surface area (Å²) in [7, 11) is 3.86. The standard InChI is InChI=1S/C24H25FN2O3/c1-26(2)11-17-7-8-20(22(25)9-17)15-30-24-16-29-21(10-23(24)28)14-27-12-18-5-3-4-6-19(18)13-27/h3-10,16H,11-15H2,1-2H3. The number of hydrogen-bond acceptors (Lipinski definition) is 5. The van der Waals surface area contributed by atoms with Crippen LogP contribution in [0.4, 0.5) is 4.39 Å². The summed E-state index contributed by atoms with van der Waals surface area (Å²) < 4.78 is 25.4. The predicted molar refractivity (Wildman–Crippen MR) is 112 cm³/mol. The first-order valence-electron chi connectivity index (χ1n) is 9.93. The number of fused-ring (bicyclic) bond motifs is 1. The lowest BCUT2D eigenvalue weighted by atomic mass is 10.1. The van der Waals surface area contributed by atoms with E-state index >= 15 is 0 Å². The molecule has 0 aliphatic carbocycles. The SMILES string of the molecule is CN(C)Cc1ccc(COc2coc(CN3Cc4ccccc4C3)cc2=O)c(F)c1. The molecule has 0 bridgehead atoms. The monoisotopic (exact) mass is 408 g/mol. The lowest BCUT2D eigenvalue weighted by Crippen LogP contribution is -2.17. The quantitative estimate of drug-likeness (QED) is 0.593. The Bertz CT molecular complexity index is 1070. The average molecular weight is 408 g/mol. The fraction of sp³-hybridized carbons (Fsp3) is 0.292. The van der Waals surface area contributed by atoms with Gasteiger partial charge in [0.15, 0.2) is 0 Å². The molecule has 6 heteroatoms. The van der Waals surface area contributed by atoms with Crippen molar-refractivity contribution in [3.63, 3.8) is 0 Å². The van der Waals surface area contributed by atoms with Crippen molar-refractivity contribution in [2.45, 2.75) is 32.8 Å². The molecule has 0 unspecified atom stereocenters. The van der Waals surface area contributed by atoms with E-state index < -0.39 is 0 Å². The van der Waals surface area contributed by atoms with Gasteiger partial charge in [-0.1, -0.05) is 36.4 Å². The zero-order valence-electron chi connectivity index (χ0n) is 17.2. The van der Waals surface area contributed by atoms with Crippen LogP contribution in [-0.4, -0.2) is 23.9 Å². The second-order valence-corrected chi connectivity index (χ2v) is 7.94. The lowest BCUT2D eigenvalue weighted by Gasteiger charge is -2.14. The molecular weight excluding hydrogens is 383 g/mol. The third-order valence-corrected chi connectivity index (χ3v) is 5.14. The molecule has 1 aliphatic rings. The zero-order chi connectivity index (χ0) is 21.1. The van der Waals surface area contributed by atoms with Crippen molar-refractivity contribution in [3.05, 3.63) is 98.8 Å². The summed E-state index contributed by atoms with van der Waals surface area (Å²) in [6.07, 6.45) is 1.32. The van der Waals surface area contributed by atoms with Crippen LogP contribution >= 0.6 is 0 Å². The summed E-state index contributed by atoms with van der Waals surface area (Å²) in [5.74, 6) is 0.323. The number of halogens is 1. The Labute approximate surface area is 175 Å². The molecule has 0 radical (unpaired) electrons. The van der Waals surface area contributed by atoms with E-state index in [4.69, 9.17) is 9.15 Å². The van der Waals surface area contributed by atoms with Gasteiger partial charge in [-0.25, -0.2) is 4.39 Å². The zero-order valence-corrected chi connectivity index (χ0v) is 17.2. The van der Waals surface area contributed by atoms with Crippen LogP contribution in [0.3, 0.4) is 0 Å². The van der Waals surface area contributed by atoms with Crippen LogP contribution < -0.4 is 10.2 Å². The molecule has 1 aromatic heterocycles. The number of benzene rings is 2. The van der Waals surface area contributed by atoms with Gasteiger partial charge in [0.1, 0.15) is 24.4 Å². The molecule has 0 fully saturated rings. The van der Waals surface area contributed by atoms with Crippen molar-refractivity contribution in [2.24, 2.45) is 0 Å². The van der Waals surface area contributed by atoms with Gasteiger partial charge < -0.3 is 14.1 Å². The van der Waals surface area contributed by atoms with Crippen LogP contribution in [0, 0.1) is 5.82 Å². The van der Waals surface area contributed by atoms with Gasteiger partial charge in [0.05, 0.1) is 6.54 Å². The number of rotatable bonds is 7. The molecule has 0 spiro atoms. The minimum atomic E-state index is -0.344. The Morgan fingerprint density at radius 1 is 1.10 bits per heavy atom.